The molecular formula is C25H29FN4O5. The number of carbonyl (C=O) groups is 2. The van der Waals surface area contributed by atoms with Crippen LogP contribution in [-0.4, -0.2) is 72.5 Å². The molecule has 10 heteroatoms. The van der Waals surface area contributed by atoms with E-state index in [0.29, 0.717) is 62.6 Å². The molecule has 35 heavy (non-hydrogen) atoms. The van der Waals surface area contributed by atoms with E-state index in [9.17, 15) is 29.2 Å². The van der Waals surface area contributed by atoms with Crippen molar-refractivity contribution in [2.24, 2.45) is 5.92 Å². The number of nitro groups is 1. The minimum atomic E-state index is -0.519. The number of aliphatic hydroxyl groups excluding tert-OH is 1. The van der Waals surface area contributed by atoms with Crippen molar-refractivity contribution in [1.82, 2.24) is 4.90 Å². The Hall–Kier alpha value is -3.53. The predicted molar refractivity (Wildman–Crippen MR) is 130 cm³/mol. The molecule has 2 aliphatic rings. The van der Waals surface area contributed by atoms with Crippen LogP contribution in [-0.2, 0) is 0 Å². The first-order valence-corrected chi connectivity index (χ1v) is 11.8. The molecule has 1 unspecified atom stereocenters. The molecule has 1 amide bonds. The van der Waals surface area contributed by atoms with Gasteiger partial charge in [-0.05, 0) is 30.7 Å². The molecule has 0 spiro atoms. The zero-order valence-electron chi connectivity index (χ0n) is 19.7. The Morgan fingerprint density at radius 3 is 2.37 bits per heavy atom. The highest BCUT2D eigenvalue weighted by molar-refractivity contribution is 6.01. The zero-order valence-corrected chi connectivity index (χ0v) is 19.7. The molecule has 1 N–H and O–H groups in total. The number of nitro benzene ring substituents is 1. The standard InChI is InChI=1S/C25H29FN4O5/c1-2-24(32)18-3-5-23(21(26)13-18)27-9-11-28(12-10-27)25(33)20-14-19(30(34)35)4-6-22(20)29-8-7-17(15-29)16-31/h3-6,13-14,17,31H,2,7-12,15-16H2,1H3. The molecule has 0 aromatic heterocycles. The number of halogens is 1. The third kappa shape index (κ3) is 5.12. The molecule has 2 saturated heterocycles. The van der Waals surface area contributed by atoms with E-state index in [4.69, 9.17) is 0 Å². The van der Waals surface area contributed by atoms with E-state index in [1.165, 1.54) is 18.2 Å². The number of aliphatic hydroxyl groups is 1. The Labute approximate surface area is 202 Å². The third-order valence-electron chi connectivity index (χ3n) is 6.80. The lowest BCUT2D eigenvalue weighted by atomic mass is 10.1. The molecule has 2 fully saturated rings. The minimum absolute atomic E-state index is 0.0544. The number of piperazine rings is 1. The third-order valence-corrected chi connectivity index (χ3v) is 6.80. The quantitative estimate of drug-likeness (QED) is 0.366. The largest absolute Gasteiger partial charge is 0.396 e. The summed E-state index contributed by atoms with van der Waals surface area (Å²) in [6.45, 7) is 4.47. The minimum Gasteiger partial charge on any atom is -0.396 e. The molecule has 2 heterocycles. The van der Waals surface area contributed by atoms with Crippen molar-refractivity contribution in [1.29, 1.82) is 0 Å². The lowest BCUT2D eigenvalue weighted by molar-refractivity contribution is -0.384. The number of amides is 1. The van der Waals surface area contributed by atoms with Gasteiger partial charge in [-0.2, -0.15) is 0 Å². The van der Waals surface area contributed by atoms with Crippen LogP contribution in [0.25, 0.3) is 0 Å². The molecule has 1 atom stereocenters. The van der Waals surface area contributed by atoms with Crippen molar-refractivity contribution in [3.63, 3.8) is 0 Å². The number of hydrogen-bond acceptors (Lipinski definition) is 7. The summed E-state index contributed by atoms with van der Waals surface area (Å²) in [5.41, 5.74) is 1.46. The number of Topliss-reactive ketones (excluding diaryl/α,β-unsaturated/α-hetero) is 1. The van der Waals surface area contributed by atoms with Gasteiger partial charge in [-0.25, -0.2) is 4.39 Å². The van der Waals surface area contributed by atoms with E-state index in [-0.39, 0.29) is 35.5 Å². The second-order valence-corrected chi connectivity index (χ2v) is 8.96. The van der Waals surface area contributed by atoms with Gasteiger partial charge in [0.1, 0.15) is 5.82 Å². The summed E-state index contributed by atoms with van der Waals surface area (Å²) >= 11 is 0. The van der Waals surface area contributed by atoms with Crippen LogP contribution in [0.3, 0.4) is 0 Å². The SMILES string of the molecule is CCC(=O)c1ccc(N2CCN(C(=O)c3cc([N+](=O)[O-])ccc3N3CCC(CO)C3)CC2)c(F)c1. The van der Waals surface area contributed by atoms with E-state index >= 15 is 0 Å². The van der Waals surface area contributed by atoms with Crippen LogP contribution in [0.15, 0.2) is 36.4 Å². The second kappa shape index (κ2) is 10.4. The number of ketones is 1. The average molecular weight is 485 g/mol. The molecule has 9 nitrogen and oxygen atoms in total. The Kier molecular flexibility index (Phi) is 7.30. The highest BCUT2D eigenvalue weighted by atomic mass is 19.1. The summed E-state index contributed by atoms with van der Waals surface area (Å²) in [6, 6.07) is 8.79. The number of carbonyl (C=O) groups excluding carboxylic acids is 2. The van der Waals surface area contributed by atoms with Crippen molar-refractivity contribution in [2.75, 3.05) is 55.7 Å². The van der Waals surface area contributed by atoms with Crippen LogP contribution in [0.2, 0.25) is 0 Å². The van der Waals surface area contributed by atoms with Crippen molar-refractivity contribution in [3.05, 3.63) is 63.5 Å². The van der Waals surface area contributed by atoms with E-state index in [1.807, 2.05) is 9.80 Å². The normalized spacial score (nSPS) is 18.1. The van der Waals surface area contributed by atoms with Gasteiger partial charge in [-0.1, -0.05) is 6.92 Å². The Balaban J connectivity index is 1.51. The fourth-order valence-corrected chi connectivity index (χ4v) is 4.75. The number of benzene rings is 2. The summed E-state index contributed by atoms with van der Waals surface area (Å²) in [5, 5.41) is 20.9. The Morgan fingerprint density at radius 1 is 1.06 bits per heavy atom. The van der Waals surface area contributed by atoms with Crippen molar-refractivity contribution in [3.8, 4) is 0 Å². The lowest BCUT2D eigenvalue weighted by Gasteiger charge is -2.36. The van der Waals surface area contributed by atoms with Crippen LogP contribution in [0, 0.1) is 21.8 Å². The van der Waals surface area contributed by atoms with E-state index < -0.39 is 10.7 Å². The van der Waals surface area contributed by atoms with Crippen molar-refractivity contribution >= 4 is 28.8 Å². The van der Waals surface area contributed by atoms with Crippen molar-refractivity contribution < 1.29 is 24.0 Å². The molecule has 4 rings (SSSR count). The monoisotopic (exact) mass is 484 g/mol. The van der Waals surface area contributed by atoms with Gasteiger partial charge in [0.2, 0.25) is 0 Å². The number of rotatable bonds is 7. The smallest absolute Gasteiger partial charge is 0.270 e. The Morgan fingerprint density at radius 2 is 1.77 bits per heavy atom. The van der Waals surface area contributed by atoms with Gasteiger partial charge in [0.15, 0.2) is 5.78 Å². The molecule has 0 radical (unpaired) electrons. The van der Waals surface area contributed by atoms with Gasteiger partial charge < -0.3 is 19.8 Å². The molecule has 0 saturated carbocycles. The van der Waals surface area contributed by atoms with Gasteiger partial charge in [0.05, 0.1) is 21.9 Å². The predicted octanol–water partition coefficient (Wildman–Crippen LogP) is 3.11. The lowest BCUT2D eigenvalue weighted by Crippen LogP contribution is -2.49. The van der Waals surface area contributed by atoms with Gasteiger partial charge in [0.25, 0.3) is 11.6 Å². The Bertz CT molecular complexity index is 1130. The summed E-state index contributed by atoms with van der Waals surface area (Å²) in [7, 11) is 0. The molecule has 0 bridgehead atoms. The summed E-state index contributed by atoms with van der Waals surface area (Å²) < 4.78 is 14.7. The average Bonchev–Trinajstić information content (AvgIpc) is 3.36. The number of hydrogen-bond donors (Lipinski definition) is 1. The first kappa shape index (κ1) is 24.6. The van der Waals surface area contributed by atoms with Gasteiger partial charge in [-0.15, -0.1) is 0 Å². The maximum atomic E-state index is 14.7. The van der Waals surface area contributed by atoms with Crippen LogP contribution in [0.4, 0.5) is 21.5 Å². The second-order valence-electron chi connectivity index (χ2n) is 8.96. The zero-order chi connectivity index (χ0) is 25.1. The molecule has 0 aliphatic carbocycles. The van der Waals surface area contributed by atoms with E-state index in [2.05, 4.69) is 0 Å². The first-order chi connectivity index (χ1) is 16.8. The highest BCUT2D eigenvalue weighted by Crippen LogP contribution is 2.31. The summed E-state index contributed by atoms with van der Waals surface area (Å²) in [6.07, 6.45) is 1.09. The summed E-state index contributed by atoms with van der Waals surface area (Å²) in [4.78, 5) is 41.6. The highest BCUT2D eigenvalue weighted by Gasteiger charge is 2.30. The van der Waals surface area contributed by atoms with Gasteiger partial charge >= 0.3 is 0 Å². The van der Waals surface area contributed by atoms with Crippen LogP contribution < -0.4 is 9.80 Å². The molecular weight excluding hydrogens is 455 g/mol. The number of non-ortho nitro benzene ring substituents is 1. The number of nitrogens with zero attached hydrogens (tertiary/aromatic N) is 4. The molecule has 186 valence electrons. The fraction of sp³-hybridized carbons (Fsp3) is 0.440. The summed E-state index contributed by atoms with van der Waals surface area (Å²) in [5.74, 6) is -0.801. The van der Waals surface area contributed by atoms with Crippen LogP contribution >= 0.6 is 0 Å². The van der Waals surface area contributed by atoms with E-state index in [1.54, 1.807) is 30.0 Å². The fourth-order valence-electron chi connectivity index (χ4n) is 4.75. The first-order valence-electron chi connectivity index (χ1n) is 11.8. The maximum absolute atomic E-state index is 14.7. The van der Waals surface area contributed by atoms with Gasteiger partial charge in [-0.3, -0.25) is 19.7 Å². The van der Waals surface area contributed by atoms with Crippen LogP contribution in [0.5, 0.6) is 0 Å². The van der Waals surface area contributed by atoms with Crippen LogP contribution in [0.1, 0.15) is 40.5 Å². The molecule has 2 aromatic rings. The maximum Gasteiger partial charge on any atom is 0.270 e. The van der Waals surface area contributed by atoms with Crippen molar-refractivity contribution in [2.45, 2.75) is 19.8 Å². The topological polar surface area (TPSA) is 107 Å². The van der Waals surface area contributed by atoms with Gasteiger partial charge in [0, 0.05) is 75.9 Å². The molecule has 2 aromatic carbocycles. The molecule has 2 aliphatic heterocycles. The number of anilines is 2. The van der Waals surface area contributed by atoms with E-state index in [0.717, 1.165) is 6.42 Å².